The first-order valence-corrected chi connectivity index (χ1v) is 7.17. The van der Waals surface area contributed by atoms with Gasteiger partial charge in [-0.1, -0.05) is 30.3 Å². The van der Waals surface area contributed by atoms with Crippen LogP contribution in [-0.4, -0.2) is 26.8 Å². The summed E-state index contributed by atoms with van der Waals surface area (Å²) in [6.07, 6.45) is 2.79. The lowest BCUT2D eigenvalue weighted by Gasteiger charge is -2.43. The van der Waals surface area contributed by atoms with E-state index in [1.54, 1.807) is 14.1 Å². The van der Waals surface area contributed by atoms with Gasteiger partial charge in [0, 0.05) is 14.1 Å². The molecule has 1 aliphatic rings. The van der Waals surface area contributed by atoms with E-state index in [1.165, 1.54) is 4.31 Å². The van der Waals surface area contributed by atoms with Crippen LogP contribution < -0.4 is 4.72 Å². The minimum atomic E-state index is -3.38. The summed E-state index contributed by atoms with van der Waals surface area (Å²) in [5.74, 6) is 0. The fourth-order valence-electron chi connectivity index (χ4n) is 2.08. The van der Waals surface area contributed by atoms with E-state index in [-0.39, 0.29) is 0 Å². The lowest BCUT2D eigenvalue weighted by atomic mass is 9.73. The maximum Gasteiger partial charge on any atom is 0.279 e. The van der Waals surface area contributed by atoms with Crippen LogP contribution in [0.25, 0.3) is 0 Å². The van der Waals surface area contributed by atoms with Gasteiger partial charge in [0.25, 0.3) is 10.2 Å². The first-order valence-electron chi connectivity index (χ1n) is 5.73. The molecule has 94 valence electrons. The van der Waals surface area contributed by atoms with Crippen molar-refractivity contribution in [3.8, 4) is 0 Å². The number of nitrogens with zero attached hydrogens (tertiary/aromatic N) is 1. The average molecular weight is 254 g/mol. The minimum Gasteiger partial charge on any atom is -0.195 e. The van der Waals surface area contributed by atoms with Crippen molar-refractivity contribution >= 4 is 10.2 Å². The predicted molar refractivity (Wildman–Crippen MR) is 67.7 cm³/mol. The van der Waals surface area contributed by atoms with Gasteiger partial charge in [-0.25, -0.2) is 0 Å². The van der Waals surface area contributed by atoms with E-state index in [1.807, 2.05) is 30.3 Å². The van der Waals surface area contributed by atoms with Gasteiger partial charge in [0.05, 0.1) is 5.54 Å². The van der Waals surface area contributed by atoms with Crippen LogP contribution in [0.5, 0.6) is 0 Å². The lowest BCUT2D eigenvalue weighted by Crippen LogP contribution is -2.53. The molecule has 0 aromatic heterocycles. The molecule has 1 saturated carbocycles. The van der Waals surface area contributed by atoms with Gasteiger partial charge in [-0.05, 0) is 24.8 Å². The summed E-state index contributed by atoms with van der Waals surface area (Å²) >= 11 is 0. The maximum atomic E-state index is 11.9. The smallest absolute Gasteiger partial charge is 0.195 e. The highest BCUT2D eigenvalue weighted by molar-refractivity contribution is 7.87. The molecule has 0 saturated heterocycles. The Bertz CT molecular complexity index is 478. The van der Waals surface area contributed by atoms with Crippen LogP contribution in [0.3, 0.4) is 0 Å². The van der Waals surface area contributed by atoms with Gasteiger partial charge < -0.3 is 0 Å². The van der Waals surface area contributed by atoms with Gasteiger partial charge in [-0.3, -0.25) is 0 Å². The van der Waals surface area contributed by atoms with Crippen molar-refractivity contribution < 1.29 is 8.42 Å². The zero-order chi connectivity index (χ0) is 12.5. The molecule has 0 radical (unpaired) electrons. The van der Waals surface area contributed by atoms with Crippen molar-refractivity contribution in [1.29, 1.82) is 0 Å². The Hall–Kier alpha value is -0.910. The largest absolute Gasteiger partial charge is 0.279 e. The minimum absolute atomic E-state index is 0.398. The number of hydrogen-bond donors (Lipinski definition) is 1. The van der Waals surface area contributed by atoms with E-state index < -0.39 is 15.7 Å². The summed E-state index contributed by atoms with van der Waals surface area (Å²) in [6.45, 7) is 0. The molecule has 2 rings (SSSR count). The summed E-state index contributed by atoms with van der Waals surface area (Å²) in [7, 11) is -0.299. The molecule has 0 aliphatic heterocycles. The number of rotatable bonds is 4. The molecule has 0 amide bonds. The SMILES string of the molecule is CN(C)S(=O)(=O)NC1(c2ccccc2)CCC1. The number of benzene rings is 1. The summed E-state index contributed by atoms with van der Waals surface area (Å²) in [6, 6.07) is 9.80. The molecule has 0 bridgehead atoms. The van der Waals surface area contributed by atoms with Crippen LogP contribution >= 0.6 is 0 Å². The van der Waals surface area contributed by atoms with Crippen LogP contribution in [0.1, 0.15) is 24.8 Å². The molecule has 1 fully saturated rings. The van der Waals surface area contributed by atoms with Gasteiger partial charge in [0.15, 0.2) is 0 Å². The van der Waals surface area contributed by atoms with Crippen LogP contribution in [-0.2, 0) is 15.7 Å². The molecule has 1 aromatic rings. The van der Waals surface area contributed by atoms with E-state index in [2.05, 4.69) is 4.72 Å². The van der Waals surface area contributed by atoms with Crippen molar-refractivity contribution in [2.24, 2.45) is 0 Å². The van der Waals surface area contributed by atoms with Crippen molar-refractivity contribution in [3.05, 3.63) is 35.9 Å². The van der Waals surface area contributed by atoms with Gasteiger partial charge in [-0.2, -0.15) is 17.4 Å². The second kappa shape index (κ2) is 4.40. The van der Waals surface area contributed by atoms with Gasteiger partial charge in [-0.15, -0.1) is 0 Å². The van der Waals surface area contributed by atoms with Crippen LogP contribution in [0.4, 0.5) is 0 Å². The zero-order valence-corrected chi connectivity index (χ0v) is 11.0. The van der Waals surface area contributed by atoms with Crippen molar-refractivity contribution in [1.82, 2.24) is 9.03 Å². The third-order valence-corrected chi connectivity index (χ3v) is 4.95. The summed E-state index contributed by atoms with van der Waals surface area (Å²) in [5, 5.41) is 0. The van der Waals surface area contributed by atoms with Gasteiger partial charge in [0.1, 0.15) is 0 Å². The van der Waals surface area contributed by atoms with Crippen LogP contribution in [0.2, 0.25) is 0 Å². The highest BCUT2D eigenvalue weighted by atomic mass is 32.2. The molecular formula is C12H18N2O2S. The summed E-state index contributed by atoms with van der Waals surface area (Å²) in [4.78, 5) is 0. The van der Waals surface area contributed by atoms with Crippen LogP contribution in [0.15, 0.2) is 30.3 Å². The van der Waals surface area contributed by atoms with E-state index in [0.29, 0.717) is 0 Å². The normalized spacial score (nSPS) is 19.0. The number of nitrogens with one attached hydrogen (secondary N) is 1. The molecule has 17 heavy (non-hydrogen) atoms. The van der Waals surface area contributed by atoms with E-state index >= 15 is 0 Å². The molecule has 1 aromatic carbocycles. The first-order chi connectivity index (χ1) is 7.96. The van der Waals surface area contributed by atoms with E-state index in [9.17, 15) is 8.42 Å². The fourth-order valence-corrected chi connectivity index (χ4v) is 3.07. The molecular weight excluding hydrogens is 236 g/mol. The Morgan fingerprint density at radius 2 is 1.76 bits per heavy atom. The maximum absolute atomic E-state index is 11.9. The second-order valence-corrected chi connectivity index (χ2v) is 6.58. The van der Waals surface area contributed by atoms with Crippen molar-refractivity contribution in [2.75, 3.05) is 14.1 Å². The highest BCUT2D eigenvalue weighted by Crippen LogP contribution is 2.41. The molecule has 1 aliphatic carbocycles. The van der Waals surface area contributed by atoms with Crippen LogP contribution in [0, 0.1) is 0 Å². The Morgan fingerprint density at radius 1 is 1.18 bits per heavy atom. The summed E-state index contributed by atoms with van der Waals surface area (Å²) < 4.78 is 27.9. The Kier molecular flexibility index (Phi) is 3.25. The first kappa shape index (κ1) is 12.5. The van der Waals surface area contributed by atoms with Crippen molar-refractivity contribution in [3.63, 3.8) is 0 Å². The third-order valence-electron chi connectivity index (χ3n) is 3.34. The molecule has 0 spiro atoms. The quantitative estimate of drug-likeness (QED) is 0.884. The molecule has 1 N–H and O–H groups in total. The third kappa shape index (κ3) is 2.36. The second-order valence-electron chi connectivity index (χ2n) is 4.69. The predicted octanol–water partition coefficient (Wildman–Crippen LogP) is 1.46. The fraction of sp³-hybridized carbons (Fsp3) is 0.500. The molecule has 4 nitrogen and oxygen atoms in total. The molecule has 0 unspecified atom stereocenters. The molecule has 5 heteroatoms. The van der Waals surface area contributed by atoms with E-state index in [4.69, 9.17) is 0 Å². The Balaban J connectivity index is 2.28. The lowest BCUT2D eigenvalue weighted by molar-refractivity contribution is 0.220. The van der Waals surface area contributed by atoms with Gasteiger partial charge >= 0.3 is 0 Å². The summed E-state index contributed by atoms with van der Waals surface area (Å²) in [5.41, 5.74) is 0.654. The monoisotopic (exact) mass is 254 g/mol. The Morgan fingerprint density at radius 3 is 2.18 bits per heavy atom. The Labute approximate surface area is 103 Å². The van der Waals surface area contributed by atoms with E-state index in [0.717, 1.165) is 24.8 Å². The van der Waals surface area contributed by atoms with Gasteiger partial charge in [0.2, 0.25) is 0 Å². The average Bonchev–Trinajstić information content (AvgIpc) is 2.24. The molecule has 0 atom stereocenters. The van der Waals surface area contributed by atoms with Crippen molar-refractivity contribution in [2.45, 2.75) is 24.8 Å². The number of hydrogen-bond acceptors (Lipinski definition) is 2. The standard InChI is InChI=1S/C12H18N2O2S/c1-14(2)17(15,16)13-12(9-6-10-12)11-7-4-3-5-8-11/h3-5,7-8,13H,6,9-10H2,1-2H3. The zero-order valence-electron chi connectivity index (χ0n) is 10.2. The molecule has 0 heterocycles. The highest BCUT2D eigenvalue weighted by Gasteiger charge is 2.42. The topological polar surface area (TPSA) is 49.4 Å².